The van der Waals surface area contributed by atoms with Crippen molar-refractivity contribution in [3.8, 4) is 6.07 Å². The number of hydrogen-bond donors (Lipinski definition) is 0. The first-order chi connectivity index (χ1) is 6.11. The van der Waals surface area contributed by atoms with Crippen LogP contribution in [0.5, 0.6) is 0 Å². The highest BCUT2D eigenvalue weighted by atomic mass is 35.5. The van der Waals surface area contributed by atoms with Crippen LogP contribution in [0.15, 0.2) is 10.6 Å². The molecule has 74 valence electrons. The SMILES string of the molecule is CC(C)N(CCC#N)CC(Cl)=CCl. The van der Waals surface area contributed by atoms with Crippen molar-refractivity contribution in [2.24, 2.45) is 0 Å². The van der Waals surface area contributed by atoms with Crippen molar-refractivity contribution in [2.45, 2.75) is 26.3 Å². The second-order valence-electron chi connectivity index (χ2n) is 3.03. The largest absolute Gasteiger partial charge is 0.295 e. The molecule has 0 aliphatic carbocycles. The van der Waals surface area contributed by atoms with E-state index in [4.69, 9.17) is 28.5 Å². The molecule has 13 heavy (non-hydrogen) atoms. The fourth-order valence-corrected chi connectivity index (χ4v) is 1.16. The fraction of sp³-hybridized carbons (Fsp3) is 0.667. The van der Waals surface area contributed by atoms with Crippen LogP contribution in [-0.2, 0) is 0 Å². The molecule has 0 saturated heterocycles. The summed E-state index contributed by atoms with van der Waals surface area (Å²) in [5.74, 6) is 0. The molecular weight excluding hydrogens is 207 g/mol. The normalized spacial score (nSPS) is 12.2. The second-order valence-corrected chi connectivity index (χ2v) is 3.73. The molecule has 0 atom stereocenters. The van der Waals surface area contributed by atoms with Crippen LogP contribution in [0, 0.1) is 11.3 Å². The Hall–Kier alpha value is -0.230. The molecule has 0 spiro atoms. The van der Waals surface area contributed by atoms with Gasteiger partial charge in [-0.05, 0) is 13.8 Å². The topological polar surface area (TPSA) is 27.0 Å². The zero-order valence-corrected chi connectivity index (χ0v) is 9.44. The van der Waals surface area contributed by atoms with E-state index < -0.39 is 0 Å². The Morgan fingerprint density at radius 1 is 1.62 bits per heavy atom. The third-order valence-corrected chi connectivity index (χ3v) is 2.32. The molecule has 0 bridgehead atoms. The van der Waals surface area contributed by atoms with Gasteiger partial charge in [-0.1, -0.05) is 23.2 Å². The lowest BCUT2D eigenvalue weighted by molar-refractivity contribution is 0.250. The monoisotopic (exact) mass is 220 g/mol. The number of nitriles is 1. The van der Waals surface area contributed by atoms with Crippen molar-refractivity contribution in [2.75, 3.05) is 13.1 Å². The lowest BCUT2D eigenvalue weighted by Crippen LogP contribution is -2.32. The van der Waals surface area contributed by atoms with E-state index in [1.165, 1.54) is 5.54 Å². The average molecular weight is 221 g/mol. The Kier molecular flexibility index (Phi) is 7.07. The summed E-state index contributed by atoms with van der Waals surface area (Å²) in [5.41, 5.74) is 1.36. The molecule has 0 heterocycles. The molecule has 2 nitrogen and oxygen atoms in total. The zero-order valence-electron chi connectivity index (χ0n) is 7.93. The van der Waals surface area contributed by atoms with E-state index in [1.54, 1.807) is 0 Å². The minimum absolute atomic E-state index is 0.374. The average Bonchev–Trinajstić information content (AvgIpc) is 2.11. The van der Waals surface area contributed by atoms with E-state index in [1.807, 2.05) is 0 Å². The van der Waals surface area contributed by atoms with Gasteiger partial charge in [-0.3, -0.25) is 4.90 Å². The highest BCUT2D eigenvalue weighted by Gasteiger charge is 2.09. The summed E-state index contributed by atoms with van der Waals surface area (Å²) in [5, 5.41) is 9.04. The van der Waals surface area contributed by atoms with Crippen molar-refractivity contribution in [1.29, 1.82) is 5.26 Å². The molecule has 0 aromatic heterocycles. The summed E-state index contributed by atoms with van der Waals surface area (Å²) in [7, 11) is 0. The van der Waals surface area contributed by atoms with E-state index in [2.05, 4.69) is 24.8 Å². The third kappa shape index (κ3) is 5.93. The Morgan fingerprint density at radius 2 is 2.23 bits per heavy atom. The maximum atomic E-state index is 8.44. The van der Waals surface area contributed by atoms with Crippen molar-refractivity contribution in [3.05, 3.63) is 10.6 Å². The van der Waals surface area contributed by atoms with Gasteiger partial charge in [0.05, 0.1) is 6.07 Å². The van der Waals surface area contributed by atoms with Gasteiger partial charge >= 0.3 is 0 Å². The third-order valence-electron chi connectivity index (χ3n) is 1.71. The van der Waals surface area contributed by atoms with E-state index in [0.717, 1.165) is 6.54 Å². The van der Waals surface area contributed by atoms with Crippen molar-refractivity contribution in [3.63, 3.8) is 0 Å². The fourth-order valence-electron chi connectivity index (χ4n) is 0.942. The minimum atomic E-state index is 0.374. The van der Waals surface area contributed by atoms with Crippen LogP contribution >= 0.6 is 23.2 Å². The molecule has 0 amide bonds. The van der Waals surface area contributed by atoms with Gasteiger partial charge in [0.25, 0.3) is 0 Å². The summed E-state index contributed by atoms with van der Waals surface area (Å²) in [6, 6.07) is 2.48. The Morgan fingerprint density at radius 3 is 2.62 bits per heavy atom. The molecule has 0 rings (SSSR count). The van der Waals surface area contributed by atoms with Gasteiger partial charge in [-0.15, -0.1) is 0 Å². The Labute approximate surface area is 89.7 Å². The highest BCUT2D eigenvalue weighted by Crippen LogP contribution is 2.09. The van der Waals surface area contributed by atoms with E-state index in [0.29, 0.717) is 24.0 Å². The van der Waals surface area contributed by atoms with Crippen molar-refractivity contribution >= 4 is 23.2 Å². The zero-order chi connectivity index (χ0) is 10.3. The molecule has 0 aromatic rings. The van der Waals surface area contributed by atoms with Gasteiger partial charge in [0.1, 0.15) is 0 Å². The predicted molar refractivity (Wildman–Crippen MR) is 56.7 cm³/mol. The van der Waals surface area contributed by atoms with Gasteiger partial charge < -0.3 is 0 Å². The van der Waals surface area contributed by atoms with Crippen LogP contribution in [0.4, 0.5) is 0 Å². The van der Waals surface area contributed by atoms with Crippen molar-refractivity contribution < 1.29 is 0 Å². The van der Waals surface area contributed by atoms with Crippen LogP contribution in [0.3, 0.4) is 0 Å². The Bertz CT molecular complexity index is 206. The van der Waals surface area contributed by atoms with Crippen molar-refractivity contribution in [1.82, 2.24) is 4.90 Å². The van der Waals surface area contributed by atoms with E-state index in [9.17, 15) is 0 Å². The summed E-state index contributed by atoms with van der Waals surface area (Å²) in [4.78, 5) is 2.10. The first kappa shape index (κ1) is 12.8. The van der Waals surface area contributed by atoms with Gasteiger partial charge in [-0.2, -0.15) is 5.26 Å². The smallest absolute Gasteiger partial charge is 0.0635 e. The molecule has 0 aromatic carbocycles. The van der Waals surface area contributed by atoms with Gasteiger partial charge in [-0.25, -0.2) is 0 Å². The molecule has 0 unspecified atom stereocenters. The van der Waals surface area contributed by atoms with Crippen LogP contribution in [-0.4, -0.2) is 24.0 Å². The molecular formula is C9H14Cl2N2. The number of rotatable bonds is 5. The number of nitrogens with zero attached hydrogens (tertiary/aromatic N) is 2. The van der Waals surface area contributed by atoms with Gasteiger partial charge in [0.15, 0.2) is 0 Å². The lowest BCUT2D eigenvalue weighted by atomic mass is 10.3. The predicted octanol–water partition coefficient (Wildman–Crippen LogP) is 2.93. The maximum Gasteiger partial charge on any atom is 0.0635 e. The maximum absolute atomic E-state index is 8.44. The standard InChI is InChI=1S/C9H14Cl2N2/c1-8(2)13(5-3-4-12)7-9(11)6-10/h6,8H,3,5,7H2,1-2H3. The first-order valence-corrected chi connectivity index (χ1v) is 4.99. The second kappa shape index (κ2) is 7.20. The van der Waals surface area contributed by atoms with E-state index in [-0.39, 0.29) is 0 Å². The minimum Gasteiger partial charge on any atom is -0.295 e. The molecule has 0 fully saturated rings. The molecule has 0 aliphatic rings. The van der Waals surface area contributed by atoms with Crippen LogP contribution in [0.25, 0.3) is 0 Å². The van der Waals surface area contributed by atoms with Gasteiger partial charge in [0.2, 0.25) is 0 Å². The summed E-state index contributed by atoms with van der Waals surface area (Å²) in [6.07, 6.45) is 0.518. The lowest BCUT2D eigenvalue weighted by Gasteiger charge is -2.24. The van der Waals surface area contributed by atoms with Crippen LogP contribution < -0.4 is 0 Å². The molecule has 0 saturated carbocycles. The molecule has 4 heteroatoms. The number of halogens is 2. The molecule has 0 radical (unpaired) electrons. The highest BCUT2D eigenvalue weighted by molar-refractivity contribution is 6.36. The van der Waals surface area contributed by atoms with E-state index >= 15 is 0 Å². The quantitative estimate of drug-likeness (QED) is 0.713. The van der Waals surface area contributed by atoms with Gasteiger partial charge in [0, 0.05) is 36.1 Å². The first-order valence-electron chi connectivity index (χ1n) is 4.17. The summed E-state index contributed by atoms with van der Waals surface area (Å²) in [6.45, 7) is 5.48. The van der Waals surface area contributed by atoms with Crippen LogP contribution in [0.2, 0.25) is 0 Å². The summed E-state index contributed by atoms with van der Waals surface area (Å²) < 4.78 is 0. The summed E-state index contributed by atoms with van der Waals surface area (Å²) >= 11 is 11.2. The Balaban J connectivity index is 4.03. The molecule has 0 aliphatic heterocycles. The molecule has 0 N–H and O–H groups in total. The number of hydrogen-bond acceptors (Lipinski definition) is 2. The van der Waals surface area contributed by atoms with Crippen LogP contribution in [0.1, 0.15) is 20.3 Å².